The Kier molecular flexibility index (Phi) is 9.31. The van der Waals surface area contributed by atoms with E-state index in [2.05, 4.69) is 31.6 Å². The van der Waals surface area contributed by atoms with Crippen LogP contribution in [-0.2, 0) is 23.8 Å². The first kappa shape index (κ1) is 31.9. The first-order valence-electron chi connectivity index (χ1n) is 13.8. The van der Waals surface area contributed by atoms with E-state index in [-0.39, 0.29) is 27.3 Å². The highest BCUT2D eigenvalue weighted by Crippen LogP contribution is 2.55. The number of fused-ring (bicyclic) bond motifs is 2. The van der Waals surface area contributed by atoms with E-state index in [1.807, 2.05) is 18.7 Å². The van der Waals surface area contributed by atoms with Crippen molar-refractivity contribution in [3.63, 3.8) is 0 Å². The number of hydrogen-bond acceptors (Lipinski definition) is 7. The Bertz CT molecular complexity index is 1270. The van der Waals surface area contributed by atoms with Gasteiger partial charge in [0.1, 0.15) is 11.5 Å². The average Bonchev–Trinajstić information content (AvgIpc) is 3.47. The molecule has 13 heteroatoms. The lowest BCUT2D eigenvalue weighted by Crippen LogP contribution is -2.50. The van der Waals surface area contributed by atoms with E-state index in [1.165, 1.54) is 5.57 Å². The summed E-state index contributed by atoms with van der Waals surface area (Å²) < 4.78 is 47.2. The molecule has 4 aliphatic rings. The van der Waals surface area contributed by atoms with Gasteiger partial charge < -0.3 is 24.2 Å². The lowest BCUT2D eigenvalue weighted by Gasteiger charge is -2.43. The molecule has 0 saturated carbocycles. The van der Waals surface area contributed by atoms with Crippen LogP contribution in [0.15, 0.2) is 47.4 Å². The Balaban J connectivity index is 0.000000446. The van der Waals surface area contributed by atoms with Gasteiger partial charge in [-0.3, -0.25) is 14.5 Å². The van der Waals surface area contributed by atoms with E-state index in [1.54, 1.807) is 24.3 Å². The number of carbonyl (C=O) groups excluding carboxylic acids is 2. The number of allylic oxidation sites excluding steroid dienone is 1. The standard InChI is InChI=1S/C26H31BrN2O5.C3H3F3O2/c1-3-33-19-13-26(27)14-20(34-4-2)22(19)23(26)28-11-9-25(10-12-28)15-21(30)29(16-25)18-7-5-17(6-8-18)24(31)32;1-2(7)8-3(4,5)6/h5-8,13,23H,3-4,9-12,14-16H2,1-2H3,(H,31,32);1H3. The third-order valence-electron chi connectivity index (χ3n) is 7.94. The van der Waals surface area contributed by atoms with Gasteiger partial charge in [0.15, 0.2) is 0 Å². The molecule has 2 fully saturated rings. The van der Waals surface area contributed by atoms with Crippen LogP contribution >= 0.6 is 15.9 Å². The zero-order valence-corrected chi connectivity index (χ0v) is 25.2. The number of halogens is 4. The summed E-state index contributed by atoms with van der Waals surface area (Å²) >= 11 is 4.03. The highest BCUT2D eigenvalue weighted by molar-refractivity contribution is 9.10. The summed E-state index contributed by atoms with van der Waals surface area (Å²) in [5.74, 6) is -0.222. The van der Waals surface area contributed by atoms with Gasteiger partial charge >= 0.3 is 18.3 Å². The predicted octanol–water partition coefficient (Wildman–Crippen LogP) is 5.40. The first-order chi connectivity index (χ1) is 19.7. The Hall–Kier alpha value is -3.06. The van der Waals surface area contributed by atoms with E-state index in [4.69, 9.17) is 14.6 Å². The fraction of sp³-hybridized carbons (Fsp3) is 0.552. The molecule has 2 aliphatic carbocycles. The summed E-state index contributed by atoms with van der Waals surface area (Å²) in [4.78, 5) is 38.0. The van der Waals surface area contributed by atoms with Gasteiger partial charge in [-0.1, -0.05) is 15.9 Å². The zero-order valence-electron chi connectivity index (χ0n) is 23.6. The number of anilines is 1. The maximum Gasteiger partial charge on any atom is 0.575 e. The van der Waals surface area contributed by atoms with Gasteiger partial charge in [-0.15, -0.1) is 13.2 Å². The molecule has 1 aromatic carbocycles. The van der Waals surface area contributed by atoms with Crippen LogP contribution in [0, 0.1) is 5.41 Å². The van der Waals surface area contributed by atoms with Crippen molar-refractivity contribution in [1.29, 1.82) is 0 Å². The smallest absolute Gasteiger partial charge is 0.498 e. The topological polar surface area (TPSA) is 106 Å². The van der Waals surface area contributed by atoms with Crippen molar-refractivity contribution >= 4 is 39.5 Å². The highest BCUT2D eigenvalue weighted by Gasteiger charge is 2.57. The van der Waals surface area contributed by atoms with Crippen molar-refractivity contribution in [2.24, 2.45) is 5.41 Å². The molecule has 1 N–H and O–H groups in total. The van der Waals surface area contributed by atoms with Crippen LogP contribution in [0.3, 0.4) is 0 Å². The summed E-state index contributed by atoms with van der Waals surface area (Å²) in [5.41, 5.74) is 2.15. The van der Waals surface area contributed by atoms with Gasteiger partial charge in [0.05, 0.1) is 34.7 Å². The number of esters is 1. The molecular formula is C29H34BrF3N2O7. The molecule has 2 heterocycles. The maximum atomic E-state index is 12.9. The number of piperidine rings is 1. The average molecular weight is 659 g/mol. The maximum absolute atomic E-state index is 12.9. The molecule has 2 saturated heterocycles. The van der Waals surface area contributed by atoms with Gasteiger partial charge in [-0.25, -0.2) is 4.79 Å². The fourth-order valence-electron chi connectivity index (χ4n) is 6.26. The summed E-state index contributed by atoms with van der Waals surface area (Å²) in [5, 5.41) is 9.15. The number of carboxylic acids is 1. The predicted molar refractivity (Wildman–Crippen MR) is 150 cm³/mol. The molecule has 1 aromatic rings. The van der Waals surface area contributed by atoms with Crippen LogP contribution in [-0.4, -0.2) is 77.4 Å². The Morgan fingerprint density at radius 1 is 1.07 bits per heavy atom. The molecule has 5 rings (SSSR count). The summed E-state index contributed by atoms with van der Waals surface area (Å²) in [7, 11) is 0. The van der Waals surface area contributed by atoms with Crippen LogP contribution in [0.4, 0.5) is 18.9 Å². The number of alkyl halides is 4. The number of aromatic carboxylic acids is 1. The summed E-state index contributed by atoms with van der Waals surface area (Å²) in [6, 6.07) is 6.79. The van der Waals surface area contributed by atoms with Crippen LogP contribution in [0.2, 0.25) is 0 Å². The minimum Gasteiger partial charge on any atom is -0.498 e. The Morgan fingerprint density at radius 2 is 1.69 bits per heavy atom. The van der Waals surface area contributed by atoms with Crippen LogP contribution < -0.4 is 4.90 Å². The minimum absolute atomic E-state index is 0.0382. The summed E-state index contributed by atoms with van der Waals surface area (Å²) in [6.45, 7) is 8.48. The normalized spacial score (nSPS) is 24.8. The number of carboxylic acid groups (broad SMARTS) is 1. The van der Waals surface area contributed by atoms with E-state index in [9.17, 15) is 27.6 Å². The number of nitrogens with zero attached hydrogens (tertiary/aromatic N) is 2. The second-order valence-corrected chi connectivity index (χ2v) is 12.3. The zero-order chi connectivity index (χ0) is 30.9. The quantitative estimate of drug-likeness (QED) is 0.307. The van der Waals surface area contributed by atoms with Crippen molar-refractivity contribution in [3.8, 4) is 0 Å². The van der Waals surface area contributed by atoms with Crippen molar-refractivity contribution in [2.75, 3.05) is 37.7 Å². The third kappa shape index (κ3) is 6.77. The van der Waals surface area contributed by atoms with E-state index >= 15 is 0 Å². The molecule has 42 heavy (non-hydrogen) atoms. The number of ether oxygens (including phenoxy) is 3. The molecule has 0 aromatic heterocycles. The lowest BCUT2D eigenvalue weighted by atomic mass is 9.77. The van der Waals surface area contributed by atoms with Crippen LogP contribution in [0.1, 0.15) is 56.8 Å². The molecule has 230 valence electrons. The monoisotopic (exact) mass is 658 g/mol. The van der Waals surface area contributed by atoms with E-state index in [0.717, 1.165) is 49.6 Å². The SMILES string of the molecule is CC(=O)OC(F)(F)F.CCOC1=CC2(Br)CC(OCC)=C1C2N1CCC2(CC1)CC(=O)N(c1ccc(C(=O)O)cc1)C2. The van der Waals surface area contributed by atoms with Crippen molar-refractivity contribution in [2.45, 2.75) is 63.2 Å². The van der Waals surface area contributed by atoms with Crippen LogP contribution in [0.5, 0.6) is 0 Å². The fourth-order valence-corrected chi connectivity index (χ4v) is 7.24. The molecule has 1 spiro atoms. The molecule has 9 nitrogen and oxygen atoms in total. The van der Waals surface area contributed by atoms with E-state index in [0.29, 0.717) is 33.1 Å². The Morgan fingerprint density at radius 3 is 2.19 bits per heavy atom. The number of benzene rings is 1. The minimum atomic E-state index is -4.83. The Labute approximate surface area is 250 Å². The van der Waals surface area contributed by atoms with Crippen molar-refractivity contribution in [3.05, 3.63) is 53.0 Å². The van der Waals surface area contributed by atoms with E-state index < -0.39 is 18.3 Å². The summed E-state index contributed by atoms with van der Waals surface area (Å²) in [6.07, 6.45) is 0.655. The second kappa shape index (κ2) is 12.3. The van der Waals surface area contributed by atoms with Gasteiger partial charge in [0.25, 0.3) is 0 Å². The van der Waals surface area contributed by atoms with Gasteiger partial charge in [-0.05, 0) is 75.5 Å². The molecule has 2 bridgehead atoms. The number of likely N-dealkylation sites (tertiary alicyclic amines) is 1. The number of hydrogen-bond donors (Lipinski definition) is 1. The highest BCUT2D eigenvalue weighted by atomic mass is 79.9. The molecule has 1 amide bonds. The molecule has 2 unspecified atom stereocenters. The molecule has 2 aliphatic heterocycles. The largest absolute Gasteiger partial charge is 0.575 e. The van der Waals surface area contributed by atoms with Crippen molar-refractivity contribution < 1.29 is 46.9 Å². The third-order valence-corrected chi connectivity index (χ3v) is 8.89. The van der Waals surface area contributed by atoms with Crippen molar-refractivity contribution in [1.82, 2.24) is 4.90 Å². The van der Waals surface area contributed by atoms with Gasteiger partial charge in [-0.2, -0.15) is 0 Å². The number of rotatable bonds is 7. The molecule has 0 radical (unpaired) electrons. The second-order valence-electron chi connectivity index (χ2n) is 10.8. The lowest BCUT2D eigenvalue weighted by molar-refractivity contribution is -0.304. The molecular weight excluding hydrogens is 625 g/mol. The van der Waals surface area contributed by atoms with Gasteiger partial charge in [0.2, 0.25) is 5.91 Å². The van der Waals surface area contributed by atoms with Gasteiger partial charge in [0, 0.05) is 32.0 Å². The number of amides is 1. The molecule has 2 atom stereocenters. The van der Waals surface area contributed by atoms with Crippen LogP contribution in [0.25, 0.3) is 0 Å². The number of carbonyl (C=O) groups is 3. The first-order valence-corrected chi connectivity index (χ1v) is 14.5.